The topological polar surface area (TPSA) is 52.0 Å². The van der Waals surface area contributed by atoms with Crippen LogP contribution >= 0.6 is 10.7 Å². The van der Waals surface area contributed by atoms with Crippen molar-refractivity contribution in [1.29, 1.82) is 0 Å². The highest BCUT2D eigenvalue weighted by Gasteiger charge is 2.28. The van der Waals surface area contributed by atoms with Crippen molar-refractivity contribution >= 4 is 19.7 Å². The van der Waals surface area contributed by atoms with Gasteiger partial charge in [0.2, 0.25) is 0 Å². The number of halogens is 1. The summed E-state index contributed by atoms with van der Waals surface area (Å²) in [7, 11) is 1.57. The first-order valence-corrected chi connectivity index (χ1v) is 5.86. The standard InChI is InChI=1S/C6H7ClN2O2S/c7-12(10,11)6-3-8-4-9(6)5-1-2-5/h3-5H,1-2H2. The molecule has 0 aliphatic heterocycles. The molecule has 1 fully saturated rings. The minimum Gasteiger partial charge on any atom is -0.318 e. The molecule has 0 spiro atoms. The largest absolute Gasteiger partial charge is 0.318 e. The van der Waals surface area contributed by atoms with Gasteiger partial charge in [-0.1, -0.05) is 0 Å². The van der Waals surface area contributed by atoms with Crippen molar-refractivity contribution in [2.45, 2.75) is 23.9 Å². The van der Waals surface area contributed by atoms with Crippen molar-refractivity contribution in [3.05, 3.63) is 12.5 Å². The average molecular weight is 207 g/mol. The van der Waals surface area contributed by atoms with Crippen LogP contribution in [-0.2, 0) is 9.05 Å². The van der Waals surface area contributed by atoms with Crippen LogP contribution in [-0.4, -0.2) is 18.0 Å². The summed E-state index contributed by atoms with van der Waals surface area (Å²) in [5.41, 5.74) is 0. The second-order valence-electron chi connectivity index (χ2n) is 2.81. The van der Waals surface area contributed by atoms with E-state index in [-0.39, 0.29) is 11.1 Å². The van der Waals surface area contributed by atoms with E-state index in [4.69, 9.17) is 10.7 Å². The molecule has 1 aliphatic carbocycles. The highest BCUT2D eigenvalue weighted by molar-refractivity contribution is 8.13. The Morgan fingerprint density at radius 2 is 2.25 bits per heavy atom. The third-order valence-electron chi connectivity index (χ3n) is 1.82. The van der Waals surface area contributed by atoms with Gasteiger partial charge in [-0.2, -0.15) is 0 Å². The zero-order chi connectivity index (χ0) is 8.77. The van der Waals surface area contributed by atoms with Crippen LogP contribution in [0.3, 0.4) is 0 Å². The first-order valence-electron chi connectivity index (χ1n) is 3.55. The molecule has 0 radical (unpaired) electrons. The van der Waals surface area contributed by atoms with Gasteiger partial charge in [-0.15, -0.1) is 0 Å². The molecule has 0 saturated heterocycles. The lowest BCUT2D eigenvalue weighted by atomic mass is 10.7. The number of hydrogen-bond donors (Lipinski definition) is 0. The summed E-state index contributed by atoms with van der Waals surface area (Å²) in [5.74, 6) is 0. The van der Waals surface area contributed by atoms with Gasteiger partial charge in [0, 0.05) is 16.7 Å². The maximum absolute atomic E-state index is 11.0. The molecule has 1 aromatic heterocycles. The molecule has 1 heterocycles. The molecule has 2 rings (SSSR count). The molecule has 4 nitrogen and oxygen atoms in total. The summed E-state index contributed by atoms with van der Waals surface area (Å²) < 4.78 is 23.5. The number of rotatable bonds is 2. The fourth-order valence-corrected chi connectivity index (χ4v) is 2.10. The summed E-state index contributed by atoms with van der Waals surface area (Å²) in [4.78, 5) is 3.75. The van der Waals surface area contributed by atoms with Crippen LogP contribution in [0.15, 0.2) is 17.6 Å². The van der Waals surface area contributed by atoms with E-state index in [9.17, 15) is 8.42 Å². The summed E-state index contributed by atoms with van der Waals surface area (Å²) >= 11 is 0. The molecule has 0 bridgehead atoms. The Morgan fingerprint density at radius 1 is 1.58 bits per heavy atom. The Morgan fingerprint density at radius 3 is 2.75 bits per heavy atom. The molecule has 12 heavy (non-hydrogen) atoms. The maximum Gasteiger partial charge on any atom is 0.278 e. The molecule has 0 atom stereocenters. The van der Waals surface area contributed by atoms with Crippen molar-refractivity contribution < 1.29 is 8.42 Å². The zero-order valence-corrected chi connectivity index (χ0v) is 7.72. The minimum absolute atomic E-state index is 0.103. The van der Waals surface area contributed by atoms with Gasteiger partial charge in [0.05, 0.1) is 12.5 Å². The molecule has 6 heteroatoms. The smallest absolute Gasteiger partial charge is 0.278 e. The SMILES string of the molecule is O=S(=O)(Cl)c1cncn1C1CC1. The average Bonchev–Trinajstić information content (AvgIpc) is 2.65. The van der Waals surface area contributed by atoms with Gasteiger partial charge in [-0.3, -0.25) is 0 Å². The van der Waals surface area contributed by atoms with Crippen molar-refractivity contribution in [3.63, 3.8) is 0 Å². The van der Waals surface area contributed by atoms with Crippen molar-refractivity contribution in [1.82, 2.24) is 9.55 Å². The molecule has 0 N–H and O–H groups in total. The van der Waals surface area contributed by atoms with Crippen LogP contribution in [0.25, 0.3) is 0 Å². The monoisotopic (exact) mass is 206 g/mol. The van der Waals surface area contributed by atoms with Gasteiger partial charge in [0.15, 0.2) is 5.03 Å². The number of hydrogen-bond acceptors (Lipinski definition) is 3. The molecule has 0 amide bonds. The first-order chi connectivity index (χ1) is 5.59. The van der Waals surface area contributed by atoms with Crippen molar-refractivity contribution in [2.24, 2.45) is 0 Å². The normalized spacial score (nSPS) is 18.1. The lowest BCUT2D eigenvalue weighted by Gasteiger charge is -2.00. The van der Waals surface area contributed by atoms with Crippen LogP contribution < -0.4 is 0 Å². The van der Waals surface area contributed by atoms with Crippen LogP contribution in [0, 0.1) is 0 Å². The van der Waals surface area contributed by atoms with Crippen LogP contribution in [0.4, 0.5) is 0 Å². The number of imidazole rings is 1. The van der Waals surface area contributed by atoms with Crippen molar-refractivity contribution in [2.75, 3.05) is 0 Å². The predicted molar refractivity (Wildman–Crippen MR) is 43.5 cm³/mol. The Bertz CT molecular complexity index is 393. The predicted octanol–water partition coefficient (Wildman–Crippen LogP) is 1.15. The lowest BCUT2D eigenvalue weighted by Crippen LogP contribution is -2.01. The molecular weight excluding hydrogens is 200 g/mol. The summed E-state index contributed by atoms with van der Waals surface area (Å²) in [6.45, 7) is 0. The lowest BCUT2D eigenvalue weighted by molar-refractivity contribution is 0.588. The van der Waals surface area contributed by atoms with Gasteiger partial charge in [-0.05, 0) is 12.8 Å². The molecule has 1 saturated carbocycles. The molecular formula is C6H7ClN2O2S. The van der Waals surface area contributed by atoms with Gasteiger partial charge in [-0.25, -0.2) is 13.4 Å². The number of aromatic nitrogens is 2. The molecule has 66 valence electrons. The number of nitrogens with zero attached hydrogens (tertiary/aromatic N) is 2. The molecule has 1 aromatic rings. The van der Waals surface area contributed by atoms with Gasteiger partial charge < -0.3 is 4.57 Å². The van der Waals surface area contributed by atoms with Crippen LogP contribution in [0.2, 0.25) is 0 Å². The highest BCUT2D eigenvalue weighted by Crippen LogP contribution is 2.37. The van der Waals surface area contributed by atoms with E-state index in [0.29, 0.717) is 0 Å². The van der Waals surface area contributed by atoms with E-state index in [1.165, 1.54) is 12.5 Å². The highest BCUT2D eigenvalue weighted by atomic mass is 35.7. The Balaban J connectivity index is 2.49. The quantitative estimate of drug-likeness (QED) is 0.682. The van der Waals surface area contributed by atoms with Gasteiger partial charge in [0.1, 0.15) is 0 Å². The second kappa shape index (κ2) is 2.47. The fourth-order valence-electron chi connectivity index (χ4n) is 1.11. The molecule has 0 aromatic carbocycles. The van der Waals surface area contributed by atoms with E-state index in [0.717, 1.165) is 12.8 Å². The van der Waals surface area contributed by atoms with Crippen LogP contribution in [0.5, 0.6) is 0 Å². The summed E-state index contributed by atoms with van der Waals surface area (Å²) in [6.07, 6.45) is 4.80. The molecule has 0 unspecified atom stereocenters. The first kappa shape index (κ1) is 8.07. The Hall–Kier alpha value is -0.550. The van der Waals surface area contributed by atoms with E-state index in [2.05, 4.69) is 4.98 Å². The minimum atomic E-state index is -3.62. The molecule has 1 aliphatic rings. The van der Waals surface area contributed by atoms with Crippen molar-refractivity contribution in [3.8, 4) is 0 Å². The third-order valence-corrected chi connectivity index (χ3v) is 3.11. The second-order valence-corrected chi connectivity index (χ2v) is 5.32. The van der Waals surface area contributed by atoms with E-state index >= 15 is 0 Å². The summed E-state index contributed by atoms with van der Waals surface area (Å²) in [6, 6.07) is 0.288. The Kier molecular flexibility index (Phi) is 1.66. The maximum atomic E-state index is 11.0. The van der Waals surface area contributed by atoms with E-state index < -0.39 is 9.05 Å². The Labute approximate surface area is 74.6 Å². The zero-order valence-electron chi connectivity index (χ0n) is 6.14. The van der Waals surface area contributed by atoms with E-state index in [1.807, 2.05) is 0 Å². The van der Waals surface area contributed by atoms with Crippen LogP contribution in [0.1, 0.15) is 18.9 Å². The fraction of sp³-hybridized carbons (Fsp3) is 0.500. The van der Waals surface area contributed by atoms with Gasteiger partial charge in [0.25, 0.3) is 9.05 Å². The van der Waals surface area contributed by atoms with E-state index in [1.54, 1.807) is 4.57 Å². The summed E-state index contributed by atoms with van der Waals surface area (Å²) in [5, 5.41) is 0.103. The third kappa shape index (κ3) is 1.34. The van der Waals surface area contributed by atoms with Gasteiger partial charge >= 0.3 is 0 Å².